The number of hydrogen-bond donors (Lipinski definition) is 3. The highest BCUT2D eigenvalue weighted by Gasteiger charge is 2.68. The minimum absolute atomic E-state index is 0.0551. The third-order valence-corrected chi connectivity index (χ3v) is 7.66. The average molecular weight is 448 g/mol. The van der Waals surface area contributed by atoms with E-state index >= 15 is 0 Å². The smallest absolute Gasteiger partial charge is 0.271 e. The summed E-state index contributed by atoms with van der Waals surface area (Å²) in [6, 6.07) is 12.3. The van der Waals surface area contributed by atoms with Crippen molar-refractivity contribution in [3.05, 3.63) is 71.8 Å². The van der Waals surface area contributed by atoms with Gasteiger partial charge in [-0.05, 0) is 50.5 Å². The van der Waals surface area contributed by atoms with Gasteiger partial charge in [-0.2, -0.15) is 5.10 Å². The van der Waals surface area contributed by atoms with Crippen molar-refractivity contribution in [3.8, 4) is 11.5 Å². The van der Waals surface area contributed by atoms with Gasteiger partial charge in [-0.3, -0.25) is 9.69 Å². The number of hydrazone groups is 1. The molecule has 3 N–H and O–H groups in total. The zero-order valence-electron chi connectivity index (χ0n) is 18.9. The molecule has 7 nitrogen and oxygen atoms in total. The summed E-state index contributed by atoms with van der Waals surface area (Å²) >= 11 is 0. The minimum Gasteiger partial charge on any atom is -0.504 e. The van der Waals surface area contributed by atoms with Gasteiger partial charge in [0.1, 0.15) is 0 Å². The number of rotatable bonds is 5. The Balaban J connectivity index is 1.56. The fourth-order valence-corrected chi connectivity index (χ4v) is 6.11. The van der Waals surface area contributed by atoms with Crippen LogP contribution in [0.25, 0.3) is 0 Å². The van der Waals surface area contributed by atoms with E-state index in [1.807, 2.05) is 25.1 Å². The molecule has 0 saturated carbocycles. The summed E-state index contributed by atoms with van der Waals surface area (Å²) in [6.07, 6.45) is 2.51. The lowest BCUT2D eigenvalue weighted by Gasteiger charge is -2.59. The third kappa shape index (κ3) is 3.03. The number of piperidine rings is 1. The quantitative estimate of drug-likeness (QED) is 0.372. The van der Waals surface area contributed by atoms with E-state index < -0.39 is 17.1 Å². The van der Waals surface area contributed by atoms with Gasteiger partial charge in [-0.15, -0.1) is 6.58 Å². The maximum absolute atomic E-state index is 12.5. The SMILES string of the molecule is C=CCN1CC[C@]23c4c(ccc(O)c4O[C@H]2/C(C)=N/NC(=O)c2ccccc2)C[C@@H]1[C@@]3(C)O. The van der Waals surface area contributed by atoms with Gasteiger partial charge in [0.25, 0.3) is 5.91 Å². The van der Waals surface area contributed by atoms with Crippen molar-refractivity contribution < 1.29 is 19.7 Å². The predicted molar refractivity (Wildman–Crippen MR) is 126 cm³/mol. The van der Waals surface area contributed by atoms with E-state index in [2.05, 4.69) is 22.0 Å². The molecule has 2 heterocycles. The zero-order chi connectivity index (χ0) is 23.4. The van der Waals surface area contributed by atoms with Crippen LogP contribution in [-0.4, -0.2) is 57.6 Å². The molecule has 5 rings (SSSR count). The molecule has 1 amide bonds. The molecule has 0 unspecified atom stereocenters. The number of likely N-dealkylation sites (tertiary alicyclic amines) is 1. The number of amides is 1. The number of fused-ring (bicyclic) bond motifs is 1. The number of phenols is 1. The number of nitrogens with one attached hydrogen (secondary N) is 1. The molecule has 1 aliphatic carbocycles. The van der Waals surface area contributed by atoms with E-state index in [0.29, 0.717) is 36.4 Å². The summed E-state index contributed by atoms with van der Waals surface area (Å²) in [5.74, 6) is 0.150. The van der Waals surface area contributed by atoms with E-state index in [9.17, 15) is 15.0 Å². The van der Waals surface area contributed by atoms with Gasteiger partial charge in [0.2, 0.25) is 0 Å². The molecule has 1 saturated heterocycles. The number of carbonyl (C=O) groups excluding carboxylic acids is 1. The van der Waals surface area contributed by atoms with Crippen molar-refractivity contribution in [1.29, 1.82) is 0 Å². The largest absolute Gasteiger partial charge is 0.504 e. The lowest BCUT2D eigenvalue weighted by molar-refractivity contribution is -0.142. The molecule has 33 heavy (non-hydrogen) atoms. The van der Waals surface area contributed by atoms with Crippen LogP contribution >= 0.6 is 0 Å². The maximum atomic E-state index is 12.5. The first kappa shape index (κ1) is 21.7. The van der Waals surface area contributed by atoms with E-state index in [4.69, 9.17) is 4.74 Å². The normalized spacial score (nSPS) is 30.3. The molecule has 7 heteroatoms. The lowest BCUT2D eigenvalue weighted by Crippen LogP contribution is -2.73. The Hall–Kier alpha value is -3.16. The minimum atomic E-state index is -1.15. The second-order valence-corrected chi connectivity index (χ2v) is 9.38. The predicted octanol–water partition coefficient (Wildman–Crippen LogP) is 2.76. The number of nitrogens with zero attached hydrogens (tertiary/aromatic N) is 2. The Morgan fingerprint density at radius 1 is 1.33 bits per heavy atom. The topological polar surface area (TPSA) is 94.4 Å². The first-order chi connectivity index (χ1) is 15.8. The molecule has 2 aromatic carbocycles. The fraction of sp³-hybridized carbons (Fsp3) is 0.385. The van der Waals surface area contributed by atoms with E-state index in [1.165, 1.54) is 0 Å². The number of hydrogen-bond acceptors (Lipinski definition) is 6. The summed E-state index contributed by atoms with van der Waals surface area (Å²) in [4.78, 5) is 14.8. The van der Waals surface area contributed by atoms with E-state index in [0.717, 1.165) is 17.7 Å². The molecule has 2 aromatic rings. The van der Waals surface area contributed by atoms with Crippen LogP contribution in [0.1, 0.15) is 41.8 Å². The fourth-order valence-electron chi connectivity index (χ4n) is 6.11. The highest BCUT2D eigenvalue weighted by atomic mass is 16.5. The molecule has 4 atom stereocenters. The molecular formula is C26H29N3O4. The Labute approximate surface area is 193 Å². The monoisotopic (exact) mass is 447 g/mol. The lowest BCUT2D eigenvalue weighted by atomic mass is 9.53. The van der Waals surface area contributed by atoms with Crippen molar-refractivity contribution in [3.63, 3.8) is 0 Å². The van der Waals surface area contributed by atoms with Crippen LogP contribution in [0.5, 0.6) is 11.5 Å². The number of aromatic hydroxyl groups is 1. The molecule has 0 aromatic heterocycles. The van der Waals surface area contributed by atoms with Gasteiger partial charge in [0.05, 0.1) is 16.7 Å². The Morgan fingerprint density at radius 3 is 2.82 bits per heavy atom. The summed E-state index contributed by atoms with van der Waals surface area (Å²) in [5, 5.41) is 27.1. The van der Waals surface area contributed by atoms with Crippen molar-refractivity contribution in [2.75, 3.05) is 13.1 Å². The van der Waals surface area contributed by atoms with Crippen molar-refractivity contribution in [2.24, 2.45) is 5.10 Å². The molecule has 2 bridgehead atoms. The summed E-state index contributed by atoms with van der Waals surface area (Å²) < 4.78 is 6.34. The van der Waals surface area contributed by atoms with Crippen LogP contribution < -0.4 is 10.2 Å². The first-order valence-electron chi connectivity index (χ1n) is 11.3. The standard InChI is InChI=1S/C26H29N3O4/c1-4-13-29-14-12-26-21-18(15-20(29)25(26,3)32)10-11-19(30)22(21)33-23(26)16(2)27-28-24(31)17-8-6-5-7-9-17/h4-11,20,23,30,32H,1,12-15H2,2-3H3,(H,28,31)/b27-16+/t20-,23+,25-,26+/m1/s1. The van der Waals surface area contributed by atoms with Crippen LogP contribution in [0.2, 0.25) is 0 Å². The Morgan fingerprint density at radius 2 is 2.09 bits per heavy atom. The van der Waals surface area contributed by atoms with Crippen LogP contribution in [-0.2, 0) is 11.8 Å². The van der Waals surface area contributed by atoms with Gasteiger partial charge in [-0.1, -0.05) is 30.3 Å². The van der Waals surface area contributed by atoms with Crippen LogP contribution in [0.15, 0.2) is 60.2 Å². The first-order valence-corrected chi connectivity index (χ1v) is 11.3. The highest BCUT2D eigenvalue weighted by molar-refractivity contribution is 5.96. The molecule has 172 valence electrons. The van der Waals surface area contributed by atoms with Gasteiger partial charge < -0.3 is 14.9 Å². The second-order valence-electron chi connectivity index (χ2n) is 9.38. The number of benzene rings is 2. The Bertz CT molecular complexity index is 1140. The molecule has 0 radical (unpaired) electrons. The number of ether oxygens (including phenoxy) is 1. The molecule has 3 aliphatic rings. The van der Waals surface area contributed by atoms with Gasteiger partial charge in [0, 0.05) is 30.3 Å². The van der Waals surface area contributed by atoms with Crippen LogP contribution in [0.3, 0.4) is 0 Å². The third-order valence-electron chi connectivity index (χ3n) is 7.66. The van der Waals surface area contributed by atoms with Crippen LogP contribution in [0.4, 0.5) is 0 Å². The number of phenolic OH excluding ortho intramolecular Hbond substituents is 1. The molecular weight excluding hydrogens is 418 g/mol. The van der Waals surface area contributed by atoms with Crippen molar-refractivity contribution in [1.82, 2.24) is 10.3 Å². The van der Waals surface area contributed by atoms with Crippen molar-refractivity contribution >= 4 is 11.6 Å². The van der Waals surface area contributed by atoms with Crippen LogP contribution in [0, 0.1) is 0 Å². The summed E-state index contributed by atoms with van der Waals surface area (Å²) in [5.41, 5.74) is 3.67. The molecule has 2 aliphatic heterocycles. The second kappa shape index (κ2) is 7.71. The zero-order valence-corrected chi connectivity index (χ0v) is 18.9. The molecule has 1 fully saturated rings. The average Bonchev–Trinajstić information content (AvgIpc) is 3.16. The van der Waals surface area contributed by atoms with Gasteiger partial charge in [0.15, 0.2) is 17.6 Å². The van der Waals surface area contributed by atoms with E-state index in [-0.39, 0.29) is 17.7 Å². The Kier molecular flexibility index (Phi) is 5.06. The highest BCUT2D eigenvalue weighted by Crippen LogP contribution is 2.61. The van der Waals surface area contributed by atoms with Gasteiger partial charge >= 0.3 is 0 Å². The molecule has 1 spiro atoms. The summed E-state index contributed by atoms with van der Waals surface area (Å²) in [7, 11) is 0. The maximum Gasteiger partial charge on any atom is 0.271 e. The summed E-state index contributed by atoms with van der Waals surface area (Å²) in [6.45, 7) is 8.98. The van der Waals surface area contributed by atoms with E-state index in [1.54, 1.807) is 37.3 Å². The number of carbonyl (C=O) groups is 1. The number of aliphatic hydroxyl groups is 1. The van der Waals surface area contributed by atoms with Crippen molar-refractivity contribution in [2.45, 2.75) is 49.9 Å². The van der Waals surface area contributed by atoms with Gasteiger partial charge in [-0.25, -0.2) is 5.43 Å².